The zero-order valence-electron chi connectivity index (χ0n) is 50.8. The smallest absolute Gasteiger partial charge is 0.462 e. The zero-order valence-corrected chi connectivity index (χ0v) is 52.6. The summed E-state index contributed by atoms with van der Waals surface area (Å²) in [6, 6.07) is 0. The maximum atomic E-state index is 12.9. The summed E-state index contributed by atoms with van der Waals surface area (Å²) >= 11 is 0. The van der Waals surface area contributed by atoms with Gasteiger partial charge in [-0.3, -0.25) is 37.3 Å². The molecule has 3 N–H and O–H groups in total. The summed E-state index contributed by atoms with van der Waals surface area (Å²) in [5.74, 6) is 0.0461. The van der Waals surface area contributed by atoms with Crippen LogP contribution in [0.15, 0.2) is 0 Å². The highest BCUT2D eigenvalue weighted by molar-refractivity contribution is 7.47. The van der Waals surface area contributed by atoms with Crippen LogP contribution in [0.3, 0.4) is 0 Å². The third-order valence-electron chi connectivity index (χ3n) is 14.0. The lowest BCUT2D eigenvalue weighted by Crippen LogP contribution is -2.30. The zero-order chi connectivity index (χ0) is 58.8. The van der Waals surface area contributed by atoms with Crippen molar-refractivity contribution in [3.8, 4) is 0 Å². The predicted molar refractivity (Wildman–Crippen MR) is 312 cm³/mol. The fourth-order valence-electron chi connectivity index (χ4n) is 8.74. The first-order chi connectivity index (χ1) is 37.8. The van der Waals surface area contributed by atoms with Crippen molar-refractivity contribution in [1.29, 1.82) is 0 Å². The largest absolute Gasteiger partial charge is 0.472 e. The van der Waals surface area contributed by atoms with Gasteiger partial charge < -0.3 is 33.8 Å². The van der Waals surface area contributed by atoms with Crippen molar-refractivity contribution >= 4 is 39.5 Å². The molecular weight excluding hydrogens is 1050 g/mol. The standard InChI is InChI=1S/C60H116O17P2/c1-8-10-11-24-34-41-57(62)70-47-55(77-60(65)44-37-30-23-22-27-33-40-53(7)9-2)49-74-78(66,67)72-45-54(61)46-73-79(68,69)75-50-56(76-59(64)43-36-29-21-17-13-15-19-26-32-39-52(5)6)48-71-58(63)42-35-28-20-16-12-14-18-25-31-38-51(3)4/h51-56,61H,8-50H2,1-7H3,(H,66,67)(H,68,69)/t53?,54-,55+,56+/m0/s1. The molecule has 0 aliphatic rings. The van der Waals surface area contributed by atoms with Gasteiger partial charge in [0.05, 0.1) is 26.4 Å². The van der Waals surface area contributed by atoms with Crippen LogP contribution in [0.2, 0.25) is 0 Å². The molecule has 17 nitrogen and oxygen atoms in total. The first kappa shape index (κ1) is 77.1. The van der Waals surface area contributed by atoms with Crippen LogP contribution < -0.4 is 0 Å². The molecule has 0 saturated carbocycles. The Morgan fingerprint density at radius 2 is 0.646 bits per heavy atom. The number of hydrogen-bond donors (Lipinski definition) is 3. The van der Waals surface area contributed by atoms with E-state index in [2.05, 4.69) is 48.5 Å². The van der Waals surface area contributed by atoms with E-state index in [0.717, 1.165) is 114 Å². The topological polar surface area (TPSA) is 237 Å². The Bertz CT molecular complexity index is 1580. The molecule has 6 atom stereocenters. The van der Waals surface area contributed by atoms with Crippen LogP contribution in [0.1, 0.15) is 286 Å². The Kier molecular flexibility index (Phi) is 50.4. The van der Waals surface area contributed by atoms with E-state index in [-0.39, 0.29) is 25.7 Å². The molecule has 0 aromatic rings. The quantitative estimate of drug-likeness (QED) is 0.0222. The minimum atomic E-state index is -4.94. The number of phosphoric ester groups is 2. The highest BCUT2D eigenvalue weighted by Crippen LogP contribution is 2.45. The number of ether oxygens (including phenoxy) is 4. The fourth-order valence-corrected chi connectivity index (χ4v) is 10.3. The summed E-state index contributed by atoms with van der Waals surface area (Å²) in [7, 11) is -9.87. The van der Waals surface area contributed by atoms with Crippen LogP contribution in [-0.2, 0) is 65.4 Å². The van der Waals surface area contributed by atoms with Crippen molar-refractivity contribution in [1.82, 2.24) is 0 Å². The number of aliphatic hydroxyl groups excluding tert-OH is 1. The summed E-state index contributed by atoms with van der Waals surface area (Å²) in [5, 5.41) is 10.5. The maximum absolute atomic E-state index is 12.9. The van der Waals surface area contributed by atoms with E-state index in [1.54, 1.807) is 0 Å². The summed E-state index contributed by atoms with van der Waals surface area (Å²) < 4.78 is 67.6. The van der Waals surface area contributed by atoms with Gasteiger partial charge in [-0.2, -0.15) is 0 Å². The second-order valence-corrected chi connectivity index (χ2v) is 25.8. The molecular formula is C60H116O17P2. The van der Waals surface area contributed by atoms with Gasteiger partial charge in [0.15, 0.2) is 12.2 Å². The molecule has 0 aliphatic carbocycles. The first-order valence-electron chi connectivity index (χ1n) is 31.4. The molecule has 0 bridgehead atoms. The fraction of sp³-hybridized carbons (Fsp3) is 0.933. The van der Waals surface area contributed by atoms with Crippen LogP contribution in [0.4, 0.5) is 0 Å². The van der Waals surface area contributed by atoms with Gasteiger partial charge in [-0.15, -0.1) is 0 Å². The summed E-state index contributed by atoms with van der Waals surface area (Å²) in [6.45, 7) is 11.6. The van der Waals surface area contributed by atoms with Gasteiger partial charge in [0, 0.05) is 25.7 Å². The average Bonchev–Trinajstić information content (AvgIpc) is 3.40. The Labute approximate surface area is 479 Å². The molecule has 0 heterocycles. The van der Waals surface area contributed by atoms with Gasteiger partial charge in [-0.05, 0) is 43.4 Å². The van der Waals surface area contributed by atoms with Crippen molar-refractivity contribution in [2.24, 2.45) is 17.8 Å². The van der Waals surface area contributed by atoms with E-state index in [4.69, 9.17) is 37.0 Å². The van der Waals surface area contributed by atoms with E-state index in [0.29, 0.717) is 25.7 Å². The molecule has 19 heteroatoms. The molecule has 3 unspecified atom stereocenters. The predicted octanol–water partition coefficient (Wildman–Crippen LogP) is 15.9. The van der Waals surface area contributed by atoms with Gasteiger partial charge in [-0.1, -0.05) is 235 Å². The summed E-state index contributed by atoms with van der Waals surface area (Å²) in [4.78, 5) is 71.8. The van der Waals surface area contributed by atoms with Gasteiger partial charge in [0.2, 0.25) is 0 Å². The number of unbranched alkanes of at least 4 members (excludes halogenated alkanes) is 25. The second kappa shape index (κ2) is 51.7. The lowest BCUT2D eigenvalue weighted by atomic mass is 10.00. The van der Waals surface area contributed by atoms with Gasteiger partial charge in [-0.25, -0.2) is 9.13 Å². The van der Waals surface area contributed by atoms with Gasteiger partial charge >= 0.3 is 39.5 Å². The van der Waals surface area contributed by atoms with Crippen LogP contribution in [0, 0.1) is 17.8 Å². The first-order valence-corrected chi connectivity index (χ1v) is 34.4. The van der Waals surface area contributed by atoms with Crippen molar-refractivity contribution in [3.05, 3.63) is 0 Å². The lowest BCUT2D eigenvalue weighted by molar-refractivity contribution is -0.161. The molecule has 0 aromatic heterocycles. The Balaban J connectivity index is 5.20. The minimum Gasteiger partial charge on any atom is -0.462 e. The monoisotopic (exact) mass is 1170 g/mol. The molecule has 0 saturated heterocycles. The van der Waals surface area contributed by atoms with E-state index in [1.165, 1.54) is 89.9 Å². The van der Waals surface area contributed by atoms with Crippen molar-refractivity contribution in [2.45, 2.75) is 304 Å². The number of hydrogen-bond acceptors (Lipinski definition) is 15. The molecule has 0 rings (SSSR count). The van der Waals surface area contributed by atoms with Crippen LogP contribution in [0.25, 0.3) is 0 Å². The highest BCUT2D eigenvalue weighted by atomic mass is 31.2. The molecule has 79 heavy (non-hydrogen) atoms. The molecule has 0 radical (unpaired) electrons. The Morgan fingerprint density at radius 1 is 0.367 bits per heavy atom. The van der Waals surface area contributed by atoms with Crippen LogP contribution in [0.5, 0.6) is 0 Å². The molecule has 0 aromatic carbocycles. The summed E-state index contributed by atoms with van der Waals surface area (Å²) in [5.41, 5.74) is 0. The number of aliphatic hydroxyl groups is 1. The molecule has 0 amide bonds. The number of phosphoric acid groups is 2. The van der Waals surface area contributed by atoms with Gasteiger partial charge in [0.1, 0.15) is 19.3 Å². The summed E-state index contributed by atoms with van der Waals surface area (Å²) in [6.07, 6.45) is 31.1. The van der Waals surface area contributed by atoms with Crippen molar-refractivity contribution in [3.63, 3.8) is 0 Å². The molecule has 0 spiro atoms. The van der Waals surface area contributed by atoms with Crippen molar-refractivity contribution < 1.29 is 80.2 Å². The Morgan fingerprint density at radius 3 is 0.962 bits per heavy atom. The van der Waals surface area contributed by atoms with Gasteiger partial charge in [0.25, 0.3) is 0 Å². The van der Waals surface area contributed by atoms with E-state index in [1.807, 2.05) is 0 Å². The third-order valence-corrected chi connectivity index (χ3v) is 15.9. The number of esters is 4. The second-order valence-electron chi connectivity index (χ2n) is 22.9. The van der Waals surface area contributed by atoms with Crippen LogP contribution in [-0.4, -0.2) is 96.7 Å². The lowest BCUT2D eigenvalue weighted by Gasteiger charge is -2.21. The van der Waals surface area contributed by atoms with Crippen molar-refractivity contribution in [2.75, 3.05) is 39.6 Å². The number of rotatable bonds is 58. The average molecular weight is 1170 g/mol. The molecule has 468 valence electrons. The third kappa shape index (κ3) is 53.8. The Hall–Kier alpha value is -1.94. The minimum absolute atomic E-state index is 0.101. The normalized spacial score (nSPS) is 14.8. The van der Waals surface area contributed by atoms with Crippen LogP contribution >= 0.6 is 15.6 Å². The molecule has 0 fully saturated rings. The van der Waals surface area contributed by atoms with E-state index in [9.17, 15) is 43.2 Å². The van der Waals surface area contributed by atoms with E-state index < -0.39 is 97.5 Å². The van der Waals surface area contributed by atoms with E-state index >= 15 is 0 Å². The highest BCUT2D eigenvalue weighted by Gasteiger charge is 2.30. The molecule has 0 aliphatic heterocycles. The number of carbonyl (C=O) groups excluding carboxylic acids is 4. The maximum Gasteiger partial charge on any atom is 0.472 e. The SMILES string of the molecule is CCCCCCCC(=O)OC[C@H](COP(=O)(O)OC[C@H](O)COP(=O)(O)OC[C@@H](COC(=O)CCCCCCCCCCCC(C)C)OC(=O)CCCCCCCCCCCC(C)C)OC(=O)CCCCCCCCC(C)CC. The number of carbonyl (C=O) groups is 4.